The molecular weight excluding hydrogens is 338 g/mol. The van der Waals surface area contributed by atoms with Gasteiger partial charge in [-0.1, -0.05) is 48.5 Å². The summed E-state index contributed by atoms with van der Waals surface area (Å²) in [7, 11) is 1.62. The molecule has 0 fully saturated rings. The van der Waals surface area contributed by atoms with Gasteiger partial charge in [-0.25, -0.2) is 5.43 Å². The van der Waals surface area contributed by atoms with Crippen LogP contribution in [0.15, 0.2) is 77.9 Å². The van der Waals surface area contributed by atoms with E-state index in [0.29, 0.717) is 0 Å². The van der Waals surface area contributed by atoms with Gasteiger partial charge < -0.3 is 10.1 Å². The van der Waals surface area contributed by atoms with Crippen molar-refractivity contribution in [2.24, 2.45) is 5.10 Å². The maximum Gasteiger partial charge on any atom is 0.259 e. The van der Waals surface area contributed by atoms with E-state index in [1.54, 1.807) is 7.11 Å². The second-order valence-electron chi connectivity index (χ2n) is 6.17. The molecule has 5 nitrogen and oxygen atoms in total. The second kappa shape index (κ2) is 7.33. The minimum Gasteiger partial charge on any atom is -0.497 e. The van der Waals surface area contributed by atoms with Crippen molar-refractivity contribution in [1.29, 1.82) is 0 Å². The Hall–Kier alpha value is -3.60. The first kappa shape index (κ1) is 16.8. The Morgan fingerprint density at radius 2 is 1.41 bits per heavy atom. The van der Waals surface area contributed by atoms with Crippen LogP contribution in [-0.2, 0) is 4.79 Å². The molecule has 1 amide bonds. The maximum absolute atomic E-state index is 12.2. The number of rotatable bonds is 5. The number of hydrogen-bond acceptors (Lipinski definition) is 4. The third-order valence-electron chi connectivity index (χ3n) is 4.49. The molecule has 1 aliphatic rings. The summed E-state index contributed by atoms with van der Waals surface area (Å²) in [5, 5.41) is 7.48. The standard InChI is InChI=1S/C22H19N3O2/c1-27-16-12-10-15(11-13-16)23-14-21(26)24-25-22-19-8-4-2-6-17(19)18-7-3-5-9-20(18)22/h2-13,23H,14H2,1H3,(H,24,26). The van der Waals surface area contributed by atoms with Crippen LogP contribution in [-0.4, -0.2) is 25.3 Å². The lowest BCUT2D eigenvalue weighted by atomic mass is 10.1. The normalized spacial score (nSPS) is 11.4. The van der Waals surface area contributed by atoms with E-state index >= 15 is 0 Å². The summed E-state index contributed by atoms with van der Waals surface area (Å²) in [4.78, 5) is 12.2. The van der Waals surface area contributed by atoms with Gasteiger partial charge in [0.05, 0.1) is 19.4 Å². The molecule has 1 aliphatic carbocycles. The SMILES string of the molecule is COc1ccc(NCC(=O)NN=C2c3ccccc3-c3ccccc32)cc1. The van der Waals surface area contributed by atoms with E-state index in [1.165, 1.54) is 0 Å². The minimum absolute atomic E-state index is 0.131. The lowest BCUT2D eigenvalue weighted by molar-refractivity contribution is -0.119. The third-order valence-corrected chi connectivity index (χ3v) is 4.49. The maximum atomic E-state index is 12.2. The molecule has 5 heteroatoms. The van der Waals surface area contributed by atoms with Crippen molar-refractivity contribution in [3.05, 3.63) is 83.9 Å². The number of nitrogens with zero attached hydrogens (tertiary/aromatic N) is 1. The highest BCUT2D eigenvalue weighted by Gasteiger charge is 2.24. The molecule has 0 saturated heterocycles. The van der Waals surface area contributed by atoms with Crippen LogP contribution in [0.3, 0.4) is 0 Å². The van der Waals surface area contributed by atoms with Crippen molar-refractivity contribution < 1.29 is 9.53 Å². The smallest absolute Gasteiger partial charge is 0.259 e. The molecule has 27 heavy (non-hydrogen) atoms. The highest BCUT2D eigenvalue weighted by molar-refractivity contribution is 6.24. The fourth-order valence-electron chi connectivity index (χ4n) is 3.16. The van der Waals surface area contributed by atoms with Gasteiger partial charge >= 0.3 is 0 Å². The third kappa shape index (κ3) is 3.40. The lowest BCUT2D eigenvalue weighted by Crippen LogP contribution is -2.27. The van der Waals surface area contributed by atoms with E-state index in [0.717, 1.165) is 39.4 Å². The summed E-state index contributed by atoms with van der Waals surface area (Å²) in [5.41, 5.74) is 8.63. The number of hydrogen-bond donors (Lipinski definition) is 2. The number of amides is 1. The number of methoxy groups -OCH3 is 1. The van der Waals surface area contributed by atoms with Gasteiger partial charge in [0.2, 0.25) is 0 Å². The zero-order chi connectivity index (χ0) is 18.6. The molecule has 0 heterocycles. The van der Waals surface area contributed by atoms with Gasteiger partial charge in [-0.3, -0.25) is 4.79 Å². The van der Waals surface area contributed by atoms with Crippen LogP contribution < -0.4 is 15.5 Å². The average Bonchev–Trinajstić information content (AvgIpc) is 3.05. The van der Waals surface area contributed by atoms with Crippen molar-refractivity contribution >= 4 is 17.3 Å². The Morgan fingerprint density at radius 3 is 1.96 bits per heavy atom. The van der Waals surface area contributed by atoms with E-state index in [1.807, 2.05) is 60.7 Å². The van der Waals surface area contributed by atoms with Crippen molar-refractivity contribution in [2.45, 2.75) is 0 Å². The van der Waals surface area contributed by atoms with E-state index in [2.05, 4.69) is 28.0 Å². The van der Waals surface area contributed by atoms with Crippen molar-refractivity contribution in [3.8, 4) is 16.9 Å². The molecule has 3 aromatic carbocycles. The Labute approximate surface area is 157 Å². The van der Waals surface area contributed by atoms with Gasteiger partial charge in [0, 0.05) is 16.8 Å². The number of fused-ring (bicyclic) bond motifs is 3. The summed E-state index contributed by atoms with van der Waals surface area (Å²) in [6, 6.07) is 23.6. The summed E-state index contributed by atoms with van der Waals surface area (Å²) in [6.45, 7) is 0.131. The number of hydrazone groups is 1. The molecule has 0 aliphatic heterocycles. The first-order chi connectivity index (χ1) is 13.3. The molecule has 134 valence electrons. The first-order valence-electron chi connectivity index (χ1n) is 8.70. The largest absolute Gasteiger partial charge is 0.497 e. The quantitative estimate of drug-likeness (QED) is 0.536. The number of carbonyl (C=O) groups excluding carboxylic acids is 1. The van der Waals surface area contributed by atoms with E-state index < -0.39 is 0 Å². The molecule has 2 N–H and O–H groups in total. The Balaban J connectivity index is 1.47. The van der Waals surface area contributed by atoms with Gasteiger partial charge in [-0.15, -0.1) is 0 Å². The van der Waals surface area contributed by atoms with Crippen LogP contribution in [0.2, 0.25) is 0 Å². The Kier molecular flexibility index (Phi) is 4.58. The second-order valence-corrected chi connectivity index (χ2v) is 6.17. The number of nitrogens with one attached hydrogen (secondary N) is 2. The fraction of sp³-hybridized carbons (Fsp3) is 0.0909. The molecule has 0 atom stereocenters. The fourth-order valence-corrected chi connectivity index (χ4v) is 3.16. The predicted octanol–water partition coefficient (Wildman–Crippen LogP) is 3.66. The van der Waals surface area contributed by atoms with Gasteiger partial charge in [-0.2, -0.15) is 5.10 Å². The predicted molar refractivity (Wildman–Crippen MR) is 107 cm³/mol. The lowest BCUT2D eigenvalue weighted by Gasteiger charge is -2.07. The van der Waals surface area contributed by atoms with Crippen molar-refractivity contribution in [3.63, 3.8) is 0 Å². The topological polar surface area (TPSA) is 62.7 Å². The van der Waals surface area contributed by atoms with E-state index in [9.17, 15) is 4.79 Å². The zero-order valence-electron chi connectivity index (χ0n) is 14.9. The molecule has 0 aromatic heterocycles. The summed E-state index contributed by atoms with van der Waals surface area (Å²) in [5.74, 6) is 0.565. The van der Waals surface area contributed by atoms with Gasteiger partial charge in [0.25, 0.3) is 5.91 Å². The molecule has 0 bridgehead atoms. The molecule has 0 spiro atoms. The van der Waals surface area contributed by atoms with Gasteiger partial charge in [-0.05, 0) is 35.4 Å². The summed E-state index contributed by atoms with van der Waals surface area (Å²) >= 11 is 0. The monoisotopic (exact) mass is 357 g/mol. The van der Waals surface area contributed by atoms with Crippen LogP contribution >= 0.6 is 0 Å². The molecule has 4 rings (SSSR count). The summed E-state index contributed by atoms with van der Waals surface area (Å²) in [6.07, 6.45) is 0. The van der Waals surface area contributed by atoms with Crippen LogP contribution in [0.5, 0.6) is 5.75 Å². The van der Waals surface area contributed by atoms with Gasteiger partial charge in [0.1, 0.15) is 5.75 Å². The first-order valence-corrected chi connectivity index (χ1v) is 8.70. The minimum atomic E-state index is -0.208. The van der Waals surface area contributed by atoms with Crippen molar-refractivity contribution in [2.75, 3.05) is 19.0 Å². The molecule has 0 radical (unpaired) electrons. The average molecular weight is 357 g/mol. The molecule has 3 aromatic rings. The molecule has 0 unspecified atom stereocenters. The van der Waals surface area contributed by atoms with Crippen LogP contribution in [0.25, 0.3) is 11.1 Å². The highest BCUT2D eigenvalue weighted by Crippen LogP contribution is 2.36. The summed E-state index contributed by atoms with van der Waals surface area (Å²) < 4.78 is 5.12. The number of carbonyl (C=O) groups is 1. The van der Waals surface area contributed by atoms with Gasteiger partial charge in [0.15, 0.2) is 0 Å². The number of ether oxygens (including phenoxy) is 1. The van der Waals surface area contributed by atoms with E-state index in [4.69, 9.17) is 4.74 Å². The Morgan fingerprint density at radius 1 is 0.852 bits per heavy atom. The van der Waals surface area contributed by atoms with Crippen LogP contribution in [0.4, 0.5) is 5.69 Å². The van der Waals surface area contributed by atoms with Crippen LogP contribution in [0, 0.1) is 0 Å². The number of benzene rings is 3. The number of anilines is 1. The molecular formula is C22H19N3O2. The van der Waals surface area contributed by atoms with Crippen LogP contribution in [0.1, 0.15) is 11.1 Å². The Bertz CT molecular complexity index is 963. The highest BCUT2D eigenvalue weighted by atomic mass is 16.5. The van der Waals surface area contributed by atoms with E-state index in [-0.39, 0.29) is 12.5 Å². The zero-order valence-corrected chi connectivity index (χ0v) is 14.9. The van der Waals surface area contributed by atoms with Crippen molar-refractivity contribution in [1.82, 2.24) is 5.43 Å². The molecule has 0 saturated carbocycles.